The molecule has 2 amide bonds. The summed E-state index contributed by atoms with van der Waals surface area (Å²) in [5.41, 5.74) is 0.221. The molecule has 4 atom stereocenters. The zero-order valence-electron chi connectivity index (χ0n) is 16.2. The number of hydrogen-bond acceptors (Lipinski definition) is 5. The molecule has 1 aromatic rings. The molecular formula is C21H26N2O4S. The lowest BCUT2D eigenvalue weighted by Gasteiger charge is -2.53. The van der Waals surface area contributed by atoms with Gasteiger partial charge in [-0.3, -0.25) is 14.4 Å². The number of nitrogens with zero attached hydrogens (tertiary/aromatic N) is 1. The maximum Gasteiger partial charge on any atom is 0.314 e. The summed E-state index contributed by atoms with van der Waals surface area (Å²) in [7, 11) is 0. The van der Waals surface area contributed by atoms with Crippen LogP contribution in [0.4, 0.5) is 0 Å². The lowest BCUT2D eigenvalue weighted by Crippen LogP contribution is -2.73. The smallest absolute Gasteiger partial charge is 0.314 e. The maximum absolute atomic E-state index is 12.7. The van der Waals surface area contributed by atoms with E-state index in [-0.39, 0.29) is 35.7 Å². The molecule has 3 fully saturated rings. The average molecular weight is 403 g/mol. The molecule has 0 radical (unpaired) electrons. The Hall–Kier alpha value is -2.02. The Labute approximate surface area is 169 Å². The van der Waals surface area contributed by atoms with Crippen molar-refractivity contribution in [2.45, 2.75) is 50.6 Å². The number of thioether (sulfide) groups is 1. The molecule has 0 aromatic heterocycles. The molecule has 1 aromatic carbocycles. The van der Waals surface area contributed by atoms with Gasteiger partial charge in [0.25, 0.3) is 0 Å². The third kappa shape index (κ3) is 3.77. The molecule has 7 heteroatoms. The summed E-state index contributed by atoms with van der Waals surface area (Å²) < 4.78 is 5.66. The minimum absolute atomic E-state index is 0.0517. The number of carbonyl (C=O) groups excluding carboxylic acids is 3. The number of β-lactam (4-membered cyclic amide) rings is 1. The van der Waals surface area contributed by atoms with Crippen molar-refractivity contribution in [3.63, 3.8) is 0 Å². The van der Waals surface area contributed by atoms with Crippen molar-refractivity contribution in [3.05, 3.63) is 35.9 Å². The Balaban J connectivity index is 1.31. The van der Waals surface area contributed by atoms with Gasteiger partial charge in [0.2, 0.25) is 11.8 Å². The van der Waals surface area contributed by atoms with Crippen LogP contribution >= 0.6 is 11.8 Å². The van der Waals surface area contributed by atoms with Gasteiger partial charge in [-0.15, -0.1) is 11.8 Å². The highest BCUT2D eigenvalue weighted by Gasteiger charge is 2.56. The molecule has 1 saturated carbocycles. The van der Waals surface area contributed by atoms with Gasteiger partial charge in [0.1, 0.15) is 17.5 Å². The van der Waals surface area contributed by atoms with Gasteiger partial charge in [-0.05, 0) is 38.2 Å². The number of hydrogen-bond donors (Lipinski definition) is 1. The topological polar surface area (TPSA) is 75.7 Å². The number of fused-ring (bicyclic) bond motifs is 1. The molecule has 4 rings (SSSR count). The van der Waals surface area contributed by atoms with Gasteiger partial charge in [-0.1, -0.05) is 30.3 Å². The van der Waals surface area contributed by atoms with E-state index in [1.165, 1.54) is 0 Å². The quantitative estimate of drug-likeness (QED) is 0.582. The molecule has 3 aliphatic rings. The van der Waals surface area contributed by atoms with Crippen molar-refractivity contribution in [1.29, 1.82) is 0 Å². The molecule has 0 spiro atoms. The third-order valence-corrected chi connectivity index (χ3v) is 7.50. The van der Waals surface area contributed by atoms with E-state index in [0.717, 1.165) is 18.4 Å². The molecule has 2 heterocycles. The first kappa shape index (κ1) is 19.3. The van der Waals surface area contributed by atoms with Crippen LogP contribution in [0.5, 0.6) is 0 Å². The second kappa shape index (κ2) is 7.43. The molecule has 2 saturated heterocycles. The number of carbonyl (C=O) groups is 3. The van der Waals surface area contributed by atoms with Gasteiger partial charge in [0.05, 0.1) is 11.8 Å². The molecule has 2 aliphatic heterocycles. The number of esters is 1. The summed E-state index contributed by atoms with van der Waals surface area (Å²) in [6.45, 7) is 4.17. The minimum Gasteiger partial charge on any atom is -0.462 e. The number of rotatable bonds is 6. The summed E-state index contributed by atoms with van der Waals surface area (Å²) in [5, 5.41) is 2.76. The first-order valence-corrected chi connectivity index (χ1v) is 10.9. The van der Waals surface area contributed by atoms with Crippen LogP contribution in [-0.2, 0) is 25.5 Å². The maximum atomic E-state index is 12.7. The highest BCUT2D eigenvalue weighted by Crippen LogP contribution is 2.43. The number of benzene rings is 1. The zero-order chi connectivity index (χ0) is 19.9. The lowest BCUT2D eigenvalue weighted by atomic mass is 9.89. The molecule has 6 nitrogen and oxygen atoms in total. The van der Waals surface area contributed by atoms with Gasteiger partial charge < -0.3 is 15.0 Å². The second-order valence-corrected chi connectivity index (χ2v) is 9.49. The van der Waals surface area contributed by atoms with Crippen LogP contribution in [0.2, 0.25) is 0 Å². The summed E-state index contributed by atoms with van der Waals surface area (Å²) in [6.07, 6.45) is 2.45. The van der Waals surface area contributed by atoms with E-state index in [2.05, 4.69) is 5.32 Å². The van der Waals surface area contributed by atoms with E-state index in [4.69, 9.17) is 4.74 Å². The van der Waals surface area contributed by atoms with Gasteiger partial charge in [0, 0.05) is 12.3 Å². The summed E-state index contributed by atoms with van der Waals surface area (Å²) in [6, 6.07) is 8.96. The fourth-order valence-corrected chi connectivity index (χ4v) is 5.29. The van der Waals surface area contributed by atoms with Crippen LogP contribution in [0.25, 0.3) is 0 Å². The number of amides is 2. The predicted octanol–water partition coefficient (Wildman–Crippen LogP) is 1.98. The van der Waals surface area contributed by atoms with Crippen LogP contribution in [0.15, 0.2) is 30.3 Å². The lowest BCUT2D eigenvalue weighted by molar-refractivity contribution is -0.165. The summed E-state index contributed by atoms with van der Waals surface area (Å²) in [5.74, 6) is 0.584. The monoisotopic (exact) mass is 402 g/mol. The van der Waals surface area contributed by atoms with Crippen LogP contribution in [0, 0.1) is 11.3 Å². The molecule has 1 aliphatic carbocycles. The van der Waals surface area contributed by atoms with Crippen LogP contribution in [0.3, 0.4) is 0 Å². The molecule has 28 heavy (non-hydrogen) atoms. The fraction of sp³-hybridized carbons (Fsp3) is 0.571. The van der Waals surface area contributed by atoms with E-state index < -0.39 is 11.5 Å². The standard InChI is InChI=1S/C21H26N2O4S/c1-13(15-8-9-15)27-20(26)21(2)11-23-18(25)17(19(23)28-12-21)22-16(24)10-14-6-4-3-5-7-14/h3-7,13,15,17,19H,8-12H2,1-2H3,(H,22,24)/t13?,17?,19-,21?/m1/s1. The predicted molar refractivity (Wildman–Crippen MR) is 106 cm³/mol. The SMILES string of the molecule is CC(OC(=O)C1(C)CS[C@@H]2C(NC(=O)Cc3ccccc3)C(=O)N2C1)C1CC1. The van der Waals surface area contributed by atoms with Gasteiger partial charge in [0.15, 0.2) is 0 Å². The van der Waals surface area contributed by atoms with Gasteiger partial charge in [-0.2, -0.15) is 0 Å². The van der Waals surface area contributed by atoms with Crippen LogP contribution < -0.4 is 5.32 Å². The second-order valence-electron chi connectivity index (χ2n) is 8.38. The van der Waals surface area contributed by atoms with Crippen molar-refractivity contribution in [1.82, 2.24) is 10.2 Å². The third-order valence-electron chi connectivity index (χ3n) is 5.83. The Bertz CT molecular complexity index is 782. The average Bonchev–Trinajstić information content (AvgIpc) is 3.52. The van der Waals surface area contributed by atoms with Crippen LogP contribution in [-0.4, -0.2) is 52.5 Å². The highest BCUT2D eigenvalue weighted by molar-refractivity contribution is 8.00. The van der Waals surface area contributed by atoms with Gasteiger partial charge >= 0.3 is 5.97 Å². The fourth-order valence-electron chi connectivity index (χ4n) is 3.80. The molecular weight excluding hydrogens is 376 g/mol. The van der Waals surface area contributed by atoms with E-state index in [1.54, 1.807) is 16.7 Å². The molecule has 3 unspecified atom stereocenters. The number of ether oxygens (including phenoxy) is 1. The molecule has 0 bridgehead atoms. The van der Waals surface area contributed by atoms with Crippen LogP contribution in [0.1, 0.15) is 32.3 Å². The Morgan fingerprint density at radius 3 is 2.71 bits per heavy atom. The molecule has 1 N–H and O–H groups in total. The largest absolute Gasteiger partial charge is 0.462 e. The van der Waals surface area contributed by atoms with Gasteiger partial charge in [-0.25, -0.2) is 0 Å². The first-order valence-electron chi connectivity index (χ1n) is 9.84. The van der Waals surface area contributed by atoms with Crippen molar-refractivity contribution < 1.29 is 19.1 Å². The normalized spacial score (nSPS) is 30.1. The van der Waals surface area contributed by atoms with Crippen molar-refractivity contribution in [2.75, 3.05) is 12.3 Å². The zero-order valence-corrected chi connectivity index (χ0v) is 17.0. The Morgan fingerprint density at radius 2 is 2.04 bits per heavy atom. The van der Waals surface area contributed by atoms with Crippen molar-refractivity contribution >= 4 is 29.5 Å². The van der Waals surface area contributed by atoms with Crippen molar-refractivity contribution in [2.24, 2.45) is 11.3 Å². The summed E-state index contributed by atoms with van der Waals surface area (Å²) >= 11 is 1.55. The summed E-state index contributed by atoms with van der Waals surface area (Å²) in [4.78, 5) is 39.2. The van der Waals surface area contributed by atoms with E-state index in [9.17, 15) is 14.4 Å². The molecule has 150 valence electrons. The first-order chi connectivity index (χ1) is 13.4. The van der Waals surface area contributed by atoms with Crippen molar-refractivity contribution in [3.8, 4) is 0 Å². The number of nitrogens with one attached hydrogen (secondary N) is 1. The van der Waals surface area contributed by atoms with E-state index >= 15 is 0 Å². The Kier molecular flexibility index (Phi) is 5.12. The van der Waals surface area contributed by atoms with E-state index in [0.29, 0.717) is 18.2 Å². The Morgan fingerprint density at radius 1 is 1.32 bits per heavy atom. The highest BCUT2D eigenvalue weighted by atomic mass is 32.2. The van der Waals surface area contributed by atoms with E-state index in [1.807, 2.05) is 44.2 Å². The minimum atomic E-state index is -0.695.